The molecule has 142 valence electrons. The Labute approximate surface area is 157 Å². The molecule has 0 aromatic carbocycles. The van der Waals surface area contributed by atoms with Crippen LogP contribution in [-0.2, 0) is 11.3 Å². The number of carbonyl (C=O) groups is 1. The molecule has 27 heavy (non-hydrogen) atoms. The Bertz CT molecular complexity index is 789. The van der Waals surface area contributed by atoms with Gasteiger partial charge in [-0.3, -0.25) is 9.78 Å². The highest BCUT2D eigenvalue weighted by molar-refractivity contribution is 5.92. The van der Waals surface area contributed by atoms with Gasteiger partial charge in [0.05, 0.1) is 37.8 Å². The number of ether oxygens (including phenoxy) is 1. The zero-order valence-electron chi connectivity index (χ0n) is 15.2. The number of nitrogens with zero attached hydrogens (tertiary/aromatic N) is 6. The van der Waals surface area contributed by atoms with Gasteiger partial charge in [0.2, 0.25) is 0 Å². The van der Waals surface area contributed by atoms with Gasteiger partial charge in [-0.1, -0.05) is 0 Å². The van der Waals surface area contributed by atoms with Crippen molar-refractivity contribution in [1.29, 1.82) is 0 Å². The molecule has 2 aliphatic heterocycles. The summed E-state index contributed by atoms with van der Waals surface area (Å²) in [6.45, 7) is 5.16. The second-order valence-corrected chi connectivity index (χ2v) is 6.61. The largest absolute Gasteiger partial charge is 0.378 e. The second-order valence-electron chi connectivity index (χ2n) is 6.61. The monoisotopic (exact) mass is 369 g/mol. The lowest BCUT2D eigenvalue weighted by Gasteiger charge is -2.27. The first-order valence-corrected chi connectivity index (χ1v) is 9.28. The summed E-state index contributed by atoms with van der Waals surface area (Å²) in [4.78, 5) is 33.7. The highest BCUT2D eigenvalue weighted by Crippen LogP contribution is 2.15. The van der Waals surface area contributed by atoms with E-state index in [9.17, 15) is 4.79 Å². The molecule has 0 atom stereocenters. The average Bonchev–Trinajstić information content (AvgIpc) is 3.28. The fourth-order valence-corrected chi connectivity index (χ4v) is 3.27. The highest BCUT2D eigenvalue weighted by atomic mass is 16.5. The molecular weight excluding hydrogens is 346 g/mol. The molecule has 0 radical (unpaired) electrons. The fourth-order valence-electron chi connectivity index (χ4n) is 3.27. The maximum Gasteiger partial charge on any atom is 0.274 e. The molecule has 4 heterocycles. The van der Waals surface area contributed by atoms with Gasteiger partial charge in [-0.2, -0.15) is 0 Å². The number of amides is 1. The Hall–Kier alpha value is -2.81. The first kappa shape index (κ1) is 17.6. The lowest BCUT2D eigenvalue weighted by atomic mass is 10.3. The van der Waals surface area contributed by atoms with Crippen LogP contribution in [-0.4, -0.2) is 70.1 Å². The number of nitrogens with one attached hydrogen (secondary N) is 1. The van der Waals surface area contributed by atoms with Crippen LogP contribution in [0.25, 0.3) is 0 Å². The van der Waals surface area contributed by atoms with Crippen molar-refractivity contribution in [3.63, 3.8) is 0 Å². The predicted molar refractivity (Wildman–Crippen MR) is 99.6 cm³/mol. The predicted octanol–water partition coefficient (Wildman–Crippen LogP) is 0.951. The van der Waals surface area contributed by atoms with Crippen molar-refractivity contribution in [2.75, 3.05) is 49.6 Å². The second kappa shape index (κ2) is 8.26. The summed E-state index contributed by atoms with van der Waals surface area (Å²) < 4.78 is 5.38. The zero-order valence-corrected chi connectivity index (χ0v) is 15.2. The lowest BCUT2D eigenvalue weighted by Crippen LogP contribution is -2.36. The summed E-state index contributed by atoms with van der Waals surface area (Å²) in [6, 6.07) is 1.96. The molecule has 2 fully saturated rings. The first-order valence-electron chi connectivity index (χ1n) is 9.28. The SMILES string of the molecule is O=C(c1cncc(NCc2cc(N3CCOCC3)ncn2)n1)N1CCCC1. The van der Waals surface area contributed by atoms with E-state index < -0.39 is 0 Å². The minimum absolute atomic E-state index is 0.0553. The van der Waals surface area contributed by atoms with Gasteiger partial charge in [-0.05, 0) is 12.8 Å². The number of hydrogen-bond acceptors (Lipinski definition) is 8. The smallest absolute Gasteiger partial charge is 0.274 e. The van der Waals surface area contributed by atoms with Gasteiger partial charge in [0.1, 0.15) is 23.7 Å². The third-order valence-corrected chi connectivity index (χ3v) is 4.74. The van der Waals surface area contributed by atoms with Crippen LogP contribution in [0.1, 0.15) is 29.0 Å². The molecule has 1 N–H and O–H groups in total. The number of morpholine rings is 1. The molecule has 2 saturated heterocycles. The molecule has 0 bridgehead atoms. The van der Waals surface area contributed by atoms with Crippen LogP contribution >= 0.6 is 0 Å². The average molecular weight is 369 g/mol. The van der Waals surface area contributed by atoms with Gasteiger partial charge in [-0.25, -0.2) is 15.0 Å². The number of hydrogen-bond donors (Lipinski definition) is 1. The Morgan fingerprint density at radius 2 is 1.93 bits per heavy atom. The summed E-state index contributed by atoms with van der Waals surface area (Å²) in [5.74, 6) is 1.40. The van der Waals surface area contributed by atoms with Crippen LogP contribution in [0, 0.1) is 0 Å². The topological polar surface area (TPSA) is 96.4 Å². The van der Waals surface area contributed by atoms with Crippen LogP contribution in [0.2, 0.25) is 0 Å². The van der Waals surface area contributed by atoms with E-state index in [4.69, 9.17) is 4.74 Å². The van der Waals surface area contributed by atoms with Crippen molar-refractivity contribution in [1.82, 2.24) is 24.8 Å². The van der Waals surface area contributed by atoms with Crippen LogP contribution < -0.4 is 10.2 Å². The van der Waals surface area contributed by atoms with Crippen LogP contribution in [0.5, 0.6) is 0 Å². The highest BCUT2D eigenvalue weighted by Gasteiger charge is 2.21. The third kappa shape index (κ3) is 4.30. The van der Waals surface area contributed by atoms with E-state index in [-0.39, 0.29) is 5.91 Å². The van der Waals surface area contributed by atoms with E-state index in [1.807, 2.05) is 11.0 Å². The van der Waals surface area contributed by atoms with E-state index in [0.717, 1.165) is 50.5 Å². The number of likely N-dealkylation sites (tertiary alicyclic amines) is 1. The van der Waals surface area contributed by atoms with Gasteiger partial charge in [0, 0.05) is 32.2 Å². The number of anilines is 2. The Balaban J connectivity index is 1.40. The van der Waals surface area contributed by atoms with Crippen LogP contribution in [0.15, 0.2) is 24.8 Å². The molecule has 0 spiro atoms. The number of carbonyl (C=O) groups excluding carboxylic acids is 1. The van der Waals surface area contributed by atoms with E-state index in [0.29, 0.717) is 31.3 Å². The summed E-state index contributed by atoms with van der Waals surface area (Å²) in [5.41, 5.74) is 1.23. The number of rotatable bonds is 5. The van der Waals surface area contributed by atoms with Crippen molar-refractivity contribution in [2.45, 2.75) is 19.4 Å². The maximum atomic E-state index is 12.5. The van der Waals surface area contributed by atoms with Gasteiger partial charge in [0.25, 0.3) is 5.91 Å². The molecule has 0 aliphatic carbocycles. The summed E-state index contributed by atoms with van der Waals surface area (Å²) in [7, 11) is 0. The Morgan fingerprint density at radius 3 is 2.74 bits per heavy atom. The quantitative estimate of drug-likeness (QED) is 0.832. The summed E-state index contributed by atoms with van der Waals surface area (Å²) in [6.07, 6.45) is 6.81. The van der Waals surface area contributed by atoms with Crippen molar-refractivity contribution >= 4 is 17.5 Å². The van der Waals surface area contributed by atoms with Gasteiger partial charge >= 0.3 is 0 Å². The van der Waals surface area contributed by atoms with E-state index in [1.165, 1.54) is 6.20 Å². The molecule has 0 unspecified atom stereocenters. The van der Waals surface area contributed by atoms with E-state index in [2.05, 4.69) is 30.2 Å². The minimum Gasteiger partial charge on any atom is -0.378 e. The third-order valence-electron chi connectivity index (χ3n) is 4.74. The maximum absolute atomic E-state index is 12.5. The summed E-state index contributed by atoms with van der Waals surface area (Å²) in [5, 5.41) is 3.20. The molecule has 2 aromatic heterocycles. The molecule has 4 rings (SSSR count). The summed E-state index contributed by atoms with van der Waals surface area (Å²) >= 11 is 0. The first-order chi connectivity index (χ1) is 13.3. The fraction of sp³-hybridized carbons (Fsp3) is 0.500. The minimum atomic E-state index is -0.0553. The molecule has 0 saturated carbocycles. The van der Waals surface area contributed by atoms with Crippen LogP contribution in [0.4, 0.5) is 11.6 Å². The molecular formula is C18H23N7O2. The van der Waals surface area contributed by atoms with E-state index in [1.54, 1.807) is 12.5 Å². The van der Waals surface area contributed by atoms with Crippen molar-refractivity contribution in [2.24, 2.45) is 0 Å². The van der Waals surface area contributed by atoms with Crippen molar-refractivity contribution < 1.29 is 9.53 Å². The van der Waals surface area contributed by atoms with Gasteiger partial charge < -0.3 is 19.9 Å². The van der Waals surface area contributed by atoms with Gasteiger partial charge in [-0.15, -0.1) is 0 Å². The van der Waals surface area contributed by atoms with Crippen molar-refractivity contribution in [3.05, 3.63) is 36.2 Å². The number of aromatic nitrogens is 4. The Morgan fingerprint density at radius 1 is 1.11 bits per heavy atom. The van der Waals surface area contributed by atoms with Gasteiger partial charge in [0.15, 0.2) is 0 Å². The molecule has 9 heteroatoms. The van der Waals surface area contributed by atoms with Crippen molar-refractivity contribution in [3.8, 4) is 0 Å². The molecule has 9 nitrogen and oxygen atoms in total. The molecule has 2 aliphatic rings. The lowest BCUT2D eigenvalue weighted by molar-refractivity contribution is 0.0786. The van der Waals surface area contributed by atoms with Crippen LogP contribution in [0.3, 0.4) is 0 Å². The standard InChI is InChI=1S/C18H23N7O2/c26-18(25-3-1-2-4-25)15-11-19-12-16(23-15)20-10-14-9-17(22-13-21-14)24-5-7-27-8-6-24/h9,11-13H,1-8,10H2,(H,20,23). The normalized spacial score (nSPS) is 17.2. The van der Waals surface area contributed by atoms with E-state index >= 15 is 0 Å². The molecule has 1 amide bonds. The Kier molecular flexibility index (Phi) is 5.38. The zero-order chi connectivity index (χ0) is 18.5. The molecule has 2 aromatic rings.